The van der Waals surface area contributed by atoms with E-state index in [-0.39, 0.29) is 0 Å². The molecule has 0 spiro atoms. The fraction of sp³-hybridized carbons (Fsp3) is 0.583. The predicted octanol–water partition coefficient (Wildman–Crippen LogP) is 2.69. The Balaban J connectivity index is 2.62. The summed E-state index contributed by atoms with van der Waals surface area (Å²) >= 11 is 0. The van der Waals surface area contributed by atoms with Gasteiger partial charge >= 0.3 is 0 Å². The van der Waals surface area contributed by atoms with Gasteiger partial charge in [-0.2, -0.15) is 0 Å². The number of nitrogens with zero attached hydrogens (tertiary/aromatic N) is 1. The highest BCUT2D eigenvalue weighted by Gasteiger charge is 2.05. The molecule has 0 atom stereocenters. The van der Waals surface area contributed by atoms with Gasteiger partial charge in [0.25, 0.3) is 0 Å². The van der Waals surface area contributed by atoms with E-state index in [2.05, 4.69) is 30.4 Å². The molecular formula is C12H20N2O. The van der Waals surface area contributed by atoms with Crippen LogP contribution in [0.25, 0.3) is 6.08 Å². The van der Waals surface area contributed by atoms with Crippen molar-refractivity contribution in [3.05, 3.63) is 22.6 Å². The average molecular weight is 208 g/mol. The zero-order valence-electron chi connectivity index (χ0n) is 10.1. The Kier molecular flexibility index (Phi) is 4.56. The van der Waals surface area contributed by atoms with Crippen molar-refractivity contribution in [2.75, 3.05) is 13.1 Å². The van der Waals surface area contributed by atoms with Crippen molar-refractivity contribution >= 4 is 6.08 Å². The van der Waals surface area contributed by atoms with Crippen molar-refractivity contribution in [3.8, 4) is 0 Å². The highest BCUT2D eigenvalue weighted by molar-refractivity contribution is 5.56. The highest BCUT2D eigenvalue weighted by Crippen LogP contribution is 2.15. The first kappa shape index (κ1) is 12.0. The fourth-order valence-electron chi connectivity index (χ4n) is 1.46. The molecule has 3 heteroatoms. The summed E-state index contributed by atoms with van der Waals surface area (Å²) in [5, 5.41) is 7.29. The molecule has 15 heavy (non-hydrogen) atoms. The number of nitrogens with one attached hydrogen (secondary N) is 1. The molecular weight excluding hydrogens is 188 g/mol. The number of hydrogen-bond acceptors (Lipinski definition) is 3. The Bertz CT molecular complexity index is 320. The lowest BCUT2D eigenvalue weighted by molar-refractivity contribution is 0.393. The molecule has 1 rings (SSSR count). The molecule has 1 heterocycles. The summed E-state index contributed by atoms with van der Waals surface area (Å²) in [4.78, 5) is 0. The first-order chi connectivity index (χ1) is 7.15. The molecule has 0 aliphatic carbocycles. The van der Waals surface area contributed by atoms with Crippen molar-refractivity contribution in [1.29, 1.82) is 0 Å². The molecule has 0 unspecified atom stereocenters. The van der Waals surface area contributed by atoms with Gasteiger partial charge in [0.1, 0.15) is 5.76 Å². The van der Waals surface area contributed by atoms with Crippen LogP contribution in [-0.4, -0.2) is 18.2 Å². The van der Waals surface area contributed by atoms with E-state index in [0.29, 0.717) is 0 Å². The van der Waals surface area contributed by atoms with Crippen molar-refractivity contribution in [1.82, 2.24) is 10.5 Å². The van der Waals surface area contributed by atoms with Crippen molar-refractivity contribution in [2.24, 2.45) is 0 Å². The Morgan fingerprint density at radius 2 is 2.20 bits per heavy atom. The molecule has 0 saturated heterocycles. The lowest BCUT2D eigenvalue weighted by atomic mass is 10.1. The SMILES string of the molecule is CCCNCC(C)=Cc1c(C)noc1C. The van der Waals surface area contributed by atoms with Crippen LogP contribution >= 0.6 is 0 Å². The molecule has 0 amide bonds. The van der Waals surface area contributed by atoms with E-state index >= 15 is 0 Å². The molecule has 84 valence electrons. The van der Waals surface area contributed by atoms with E-state index in [1.807, 2.05) is 13.8 Å². The lowest BCUT2D eigenvalue weighted by Crippen LogP contribution is -2.16. The van der Waals surface area contributed by atoms with E-state index < -0.39 is 0 Å². The zero-order valence-corrected chi connectivity index (χ0v) is 10.1. The summed E-state index contributed by atoms with van der Waals surface area (Å²) in [5.41, 5.74) is 3.38. The maximum Gasteiger partial charge on any atom is 0.141 e. The van der Waals surface area contributed by atoms with Gasteiger partial charge in [0.15, 0.2) is 0 Å². The minimum atomic E-state index is 0.891. The molecule has 0 aliphatic heterocycles. The Labute approximate surface area is 91.5 Å². The smallest absolute Gasteiger partial charge is 0.141 e. The molecule has 0 aliphatic rings. The minimum Gasteiger partial charge on any atom is -0.361 e. The first-order valence-corrected chi connectivity index (χ1v) is 5.46. The second kappa shape index (κ2) is 5.71. The maximum absolute atomic E-state index is 5.11. The van der Waals surface area contributed by atoms with Crippen molar-refractivity contribution in [2.45, 2.75) is 34.1 Å². The molecule has 0 saturated carbocycles. The minimum absolute atomic E-state index is 0.891. The predicted molar refractivity (Wildman–Crippen MR) is 62.8 cm³/mol. The van der Waals surface area contributed by atoms with E-state index in [1.54, 1.807) is 0 Å². The number of aromatic nitrogens is 1. The van der Waals surface area contributed by atoms with Crippen LogP contribution in [0.5, 0.6) is 0 Å². The number of rotatable bonds is 5. The third-order valence-corrected chi connectivity index (χ3v) is 2.31. The Morgan fingerprint density at radius 3 is 2.73 bits per heavy atom. The quantitative estimate of drug-likeness (QED) is 0.756. The van der Waals surface area contributed by atoms with Crippen LogP contribution in [0, 0.1) is 13.8 Å². The lowest BCUT2D eigenvalue weighted by Gasteiger charge is -2.02. The van der Waals surface area contributed by atoms with Gasteiger partial charge in [0.05, 0.1) is 5.69 Å². The van der Waals surface area contributed by atoms with Gasteiger partial charge in [0, 0.05) is 12.1 Å². The van der Waals surface area contributed by atoms with Gasteiger partial charge in [-0.25, -0.2) is 0 Å². The van der Waals surface area contributed by atoms with E-state index in [1.165, 1.54) is 12.0 Å². The van der Waals surface area contributed by atoms with Gasteiger partial charge in [-0.05, 0) is 39.8 Å². The molecule has 0 bridgehead atoms. The van der Waals surface area contributed by atoms with Gasteiger partial charge in [-0.15, -0.1) is 0 Å². The summed E-state index contributed by atoms with van der Waals surface area (Å²) in [6, 6.07) is 0. The molecule has 1 N–H and O–H groups in total. The van der Waals surface area contributed by atoms with E-state index in [0.717, 1.165) is 30.1 Å². The second-order valence-corrected chi connectivity index (χ2v) is 3.91. The number of hydrogen-bond donors (Lipinski definition) is 1. The average Bonchev–Trinajstić information content (AvgIpc) is 2.50. The second-order valence-electron chi connectivity index (χ2n) is 3.91. The summed E-state index contributed by atoms with van der Waals surface area (Å²) in [6.07, 6.45) is 3.31. The Morgan fingerprint density at radius 1 is 1.47 bits per heavy atom. The molecule has 0 aromatic carbocycles. The summed E-state index contributed by atoms with van der Waals surface area (Å²) in [6.45, 7) is 10.2. The van der Waals surface area contributed by atoms with Crippen LogP contribution in [0.3, 0.4) is 0 Å². The van der Waals surface area contributed by atoms with Crippen LogP contribution in [0.15, 0.2) is 10.1 Å². The molecule has 1 aromatic heterocycles. The summed E-state index contributed by atoms with van der Waals surface area (Å²) < 4.78 is 5.11. The van der Waals surface area contributed by atoms with Crippen molar-refractivity contribution < 1.29 is 4.52 Å². The third kappa shape index (κ3) is 3.51. The third-order valence-electron chi connectivity index (χ3n) is 2.31. The van der Waals surface area contributed by atoms with Gasteiger partial charge in [-0.1, -0.05) is 17.7 Å². The molecule has 0 radical (unpaired) electrons. The fourth-order valence-corrected chi connectivity index (χ4v) is 1.46. The van der Waals surface area contributed by atoms with Gasteiger partial charge in [0.2, 0.25) is 0 Å². The largest absolute Gasteiger partial charge is 0.361 e. The standard InChI is InChI=1S/C12H20N2O/c1-5-6-13-8-9(2)7-12-10(3)14-15-11(12)4/h7,13H,5-6,8H2,1-4H3. The normalized spacial score (nSPS) is 12.1. The zero-order chi connectivity index (χ0) is 11.3. The van der Waals surface area contributed by atoms with E-state index in [4.69, 9.17) is 4.52 Å². The maximum atomic E-state index is 5.11. The summed E-state index contributed by atoms with van der Waals surface area (Å²) in [7, 11) is 0. The molecule has 1 aromatic rings. The van der Waals surface area contributed by atoms with Crippen molar-refractivity contribution in [3.63, 3.8) is 0 Å². The first-order valence-electron chi connectivity index (χ1n) is 5.46. The Hall–Kier alpha value is -1.09. The topological polar surface area (TPSA) is 38.1 Å². The highest BCUT2D eigenvalue weighted by atomic mass is 16.5. The van der Waals surface area contributed by atoms with Crippen LogP contribution in [-0.2, 0) is 0 Å². The summed E-state index contributed by atoms with van der Waals surface area (Å²) in [5.74, 6) is 0.891. The number of aryl methyl sites for hydroxylation is 2. The van der Waals surface area contributed by atoms with Gasteiger partial charge < -0.3 is 9.84 Å². The van der Waals surface area contributed by atoms with Crippen LogP contribution in [0.1, 0.15) is 37.3 Å². The van der Waals surface area contributed by atoms with Crippen LogP contribution < -0.4 is 5.32 Å². The monoisotopic (exact) mass is 208 g/mol. The van der Waals surface area contributed by atoms with Crippen LogP contribution in [0.4, 0.5) is 0 Å². The van der Waals surface area contributed by atoms with E-state index in [9.17, 15) is 0 Å². The van der Waals surface area contributed by atoms with Gasteiger partial charge in [-0.3, -0.25) is 0 Å². The van der Waals surface area contributed by atoms with Crippen LogP contribution in [0.2, 0.25) is 0 Å². The molecule has 0 fully saturated rings. The molecule has 3 nitrogen and oxygen atoms in total.